The lowest BCUT2D eigenvalue weighted by molar-refractivity contribution is 0.277. The van der Waals surface area contributed by atoms with E-state index in [1.165, 1.54) is 4.70 Å². The van der Waals surface area contributed by atoms with Crippen molar-refractivity contribution >= 4 is 21.6 Å². The largest absolute Gasteiger partial charge is 0.390 e. The van der Waals surface area contributed by atoms with Crippen molar-refractivity contribution in [2.75, 3.05) is 0 Å². The maximum absolute atomic E-state index is 8.78. The van der Waals surface area contributed by atoms with Crippen molar-refractivity contribution in [3.05, 3.63) is 29.3 Å². The highest BCUT2D eigenvalue weighted by molar-refractivity contribution is 7.17. The summed E-state index contributed by atoms with van der Waals surface area (Å²) in [7, 11) is 0. The van der Waals surface area contributed by atoms with E-state index in [1.54, 1.807) is 11.3 Å². The maximum Gasteiger partial charge on any atom is 0.0853 e. The van der Waals surface area contributed by atoms with Crippen LogP contribution in [0.4, 0.5) is 0 Å². The summed E-state index contributed by atoms with van der Waals surface area (Å²) < 4.78 is 1.17. The second kappa shape index (κ2) is 6.51. The second-order valence-electron chi connectivity index (χ2n) is 2.26. The number of hydrogen-bond acceptors (Lipinski definition) is 3. The predicted octanol–water partition coefficient (Wildman–Crippen LogP) is 3.45. The van der Waals surface area contributed by atoms with Crippen LogP contribution in [0.3, 0.4) is 0 Å². The first kappa shape index (κ1) is 13.1. The molecule has 2 heterocycles. The fourth-order valence-electron chi connectivity index (χ4n) is 0.983. The van der Waals surface area contributed by atoms with Crippen LogP contribution in [0.2, 0.25) is 0 Å². The molecule has 78 valence electrons. The van der Waals surface area contributed by atoms with Crippen LogP contribution in [-0.4, -0.2) is 10.1 Å². The van der Waals surface area contributed by atoms with Crippen molar-refractivity contribution in [3.63, 3.8) is 0 Å². The van der Waals surface area contributed by atoms with E-state index in [4.69, 9.17) is 5.11 Å². The zero-order valence-electron chi connectivity index (χ0n) is 7.82. The number of rotatable bonds is 1. The van der Waals surface area contributed by atoms with E-state index in [0.717, 1.165) is 11.2 Å². The van der Waals surface area contributed by atoms with Gasteiger partial charge in [-0.1, -0.05) is 21.3 Å². The molecule has 2 rings (SSSR count). The summed E-state index contributed by atoms with van der Waals surface area (Å²) in [6.07, 6.45) is 0. The third kappa shape index (κ3) is 2.79. The molecule has 0 aliphatic rings. The molecule has 0 fully saturated rings. The number of nitrogens with zero attached hydrogens (tertiary/aromatic N) is 1. The lowest BCUT2D eigenvalue weighted by atomic mass is 10.3. The fourth-order valence-corrected chi connectivity index (χ4v) is 1.71. The third-order valence-electron chi connectivity index (χ3n) is 1.53. The summed E-state index contributed by atoms with van der Waals surface area (Å²) in [6.45, 7) is 4.02. The van der Waals surface area contributed by atoms with E-state index < -0.39 is 0 Å². The number of hydrogen-bond donors (Lipinski definition) is 1. The summed E-state index contributed by atoms with van der Waals surface area (Å²) in [5.74, 6) is 0. The molecule has 14 heavy (non-hydrogen) atoms. The first-order valence-electron chi connectivity index (χ1n) is 4.34. The van der Waals surface area contributed by atoms with Gasteiger partial charge in [-0.2, -0.15) is 0 Å². The van der Waals surface area contributed by atoms with Crippen molar-refractivity contribution in [1.29, 1.82) is 0 Å². The Kier molecular flexibility index (Phi) is 6.08. The van der Waals surface area contributed by atoms with Crippen LogP contribution in [0, 0.1) is 0 Å². The minimum absolute atomic E-state index is 0. The van der Waals surface area contributed by atoms with Crippen molar-refractivity contribution in [2.45, 2.75) is 27.9 Å². The highest BCUT2D eigenvalue weighted by atomic mass is 32.1. The van der Waals surface area contributed by atoms with E-state index in [1.807, 2.05) is 37.4 Å². The molecule has 0 atom stereocenters. The summed E-state index contributed by atoms with van der Waals surface area (Å²) in [5, 5.41) is 10.8. The standard InChI is InChI=1S/C8H7NOS.C2H6.CH4/c10-5-6-1-2-8-7(9-6)3-4-11-8;1-2;/h1-4,10H,5H2;1-2H3;1H4. The molecule has 0 saturated heterocycles. The quantitative estimate of drug-likeness (QED) is 0.783. The van der Waals surface area contributed by atoms with Gasteiger partial charge in [0, 0.05) is 0 Å². The molecule has 0 aromatic carbocycles. The zero-order valence-corrected chi connectivity index (χ0v) is 8.64. The van der Waals surface area contributed by atoms with E-state index >= 15 is 0 Å². The van der Waals surface area contributed by atoms with E-state index in [0.29, 0.717) is 0 Å². The number of pyridine rings is 1. The van der Waals surface area contributed by atoms with Gasteiger partial charge in [-0.15, -0.1) is 11.3 Å². The Labute approximate surface area is 89.2 Å². The molecule has 0 unspecified atom stereocenters. The zero-order chi connectivity index (χ0) is 9.68. The Morgan fingerprint density at radius 3 is 2.64 bits per heavy atom. The minimum Gasteiger partial charge on any atom is -0.390 e. The molecule has 0 bridgehead atoms. The van der Waals surface area contributed by atoms with E-state index in [-0.39, 0.29) is 14.0 Å². The van der Waals surface area contributed by atoms with Gasteiger partial charge in [0.1, 0.15) is 0 Å². The van der Waals surface area contributed by atoms with Crippen molar-refractivity contribution in [1.82, 2.24) is 4.98 Å². The molecular weight excluding hydrogens is 194 g/mol. The van der Waals surface area contributed by atoms with Crippen molar-refractivity contribution in [3.8, 4) is 0 Å². The second-order valence-corrected chi connectivity index (χ2v) is 3.21. The molecule has 2 nitrogen and oxygen atoms in total. The Balaban J connectivity index is 0.000000531. The average Bonchev–Trinajstić information content (AvgIpc) is 2.67. The minimum atomic E-state index is 0. The van der Waals surface area contributed by atoms with Gasteiger partial charge in [-0.25, -0.2) is 4.98 Å². The molecule has 0 aliphatic carbocycles. The SMILES string of the molecule is C.CC.OCc1ccc2sccc2n1. The molecule has 1 N–H and O–H groups in total. The van der Waals surface area contributed by atoms with Gasteiger partial charge in [0.15, 0.2) is 0 Å². The predicted molar refractivity (Wildman–Crippen MR) is 63.6 cm³/mol. The van der Waals surface area contributed by atoms with Gasteiger partial charge in [-0.05, 0) is 23.6 Å². The first-order chi connectivity index (χ1) is 6.40. The van der Waals surface area contributed by atoms with Gasteiger partial charge in [0.25, 0.3) is 0 Å². The van der Waals surface area contributed by atoms with Crippen LogP contribution in [0.1, 0.15) is 27.0 Å². The molecule has 0 saturated carbocycles. The summed E-state index contributed by atoms with van der Waals surface area (Å²) in [5.41, 5.74) is 1.71. The smallest absolute Gasteiger partial charge is 0.0853 e. The van der Waals surface area contributed by atoms with Crippen LogP contribution in [0.15, 0.2) is 23.6 Å². The molecule has 0 aliphatic heterocycles. The number of aliphatic hydroxyl groups excluding tert-OH is 1. The Morgan fingerprint density at radius 1 is 1.29 bits per heavy atom. The van der Waals surface area contributed by atoms with E-state index in [2.05, 4.69) is 4.98 Å². The molecule has 2 aromatic rings. The summed E-state index contributed by atoms with van der Waals surface area (Å²) in [6, 6.07) is 5.79. The highest BCUT2D eigenvalue weighted by Gasteiger charge is 1.96. The van der Waals surface area contributed by atoms with Crippen LogP contribution < -0.4 is 0 Å². The molecule has 0 radical (unpaired) electrons. The molecule has 2 aromatic heterocycles. The van der Waals surface area contributed by atoms with Crippen LogP contribution in [-0.2, 0) is 6.61 Å². The third-order valence-corrected chi connectivity index (χ3v) is 2.40. The van der Waals surface area contributed by atoms with Crippen LogP contribution in [0.5, 0.6) is 0 Å². The number of thiophene rings is 1. The van der Waals surface area contributed by atoms with Gasteiger partial charge < -0.3 is 5.11 Å². The fraction of sp³-hybridized carbons (Fsp3) is 0.364. The highest BCUT2D eigenvalue weighted by Crippen LogP contribution is 2.18. The maximum atomic E-state index is 8.78. The summed E-state index contributed by atoms with van der Waals surface area (Å²) in [4.78, 5) is 4.21. The number of fused-ring (bicyclic) bond motifs is 1. The normalized spacial score (nSPS) is 8.79. The van der Waals surface area contributed by atoms with Gasteiger partial charge >= 0.3 is 0 Å². The Bertz CT molecular complexity index is 370. The van der Waals surface area contributed by atoms with Gasteiger partial charge in [0.2, 0.25) is 0 Å². The lowest BCUT2D eigenvalue weighted by Gasteiger charge is -1.93. The van der Waals surface area contributed by atoms with Gasteiger partial charge in [0.05, 0.1) is 22.5 Å². The molecule has 3 heteroatoms. The Hall–Kier alpha value is -0.930. The molecule has 0 spiro atoms. The number of aliphatic hydroxyl groups is 1. The lowest BCUT2D eigenvalue weighted by Crippen LogP contribution is -1.86. The number of aromatic nitrogens is 1. The topological polar surface area (TPSA) is 33.1 Å². The average molecular weight is 211 g/mol. The van der Waals surface area contributed by atoms with Crippen molar-refractivity contribution < 1.29 is 5.11 Å². The van der Waals surface area contributed by atoms with Crippen LogP contribution >= 0.6 is 11.3 Å². The van der Waals surface area contributed by atoms with E-state index in [9.17, 15) is 0 Å². The monoisotopic (exact) mass is 211 g/mol. The molecular formula is C11H17NOS. The summed E-state index contributed by atoms with van der Waals surface area (Å²) >= 11 is 1.66. The molecule has 0 amide bonds. The Morgan fingerprint density at radius 2 is 2.00 bits per heavy atom. The first-order valence-corrected chi connectivity index (χ1v) is 5.22. The van der Waals surface area contributed by atoms with Crippen LogP contribution in [0.25, 0.3) is 10.2 Å². The van der Waals surface area contributed by atoms with Crippen molar-refractivity contribution in [2.24, 2.45) is 0 Å². The van der Waals surface area contributed by atoms with Gasteiger partial charge in [-0.3, -0.25) is 0 Å².